The number of aryl methyl sites for hydroxylation is 2. The first-order valence-corrected chi connectivity index (χ1v) is 21.2. The van der Waals surface area contributed by atoms with Gasteiger partial charge in [0.05, 0.1) is 13.9 Å². The number of thiazole rings is 1. The first-order valence-electron chi connectivity index (χ1n) is 18.7. The minimum absolute atomic E-state index is 0.138. The molecule has 0 aliphatic carbocycles. The van der Waals surface area contributed by atoms with Crippen molar-refractivity contribution in [2.75, 3.05) is 11.4 Å². The molecule has 0 fully saturated rings. The average Bonchev–Trinajstić information content (AvgIpc) is 3.80. The minimum Gasteiger partial charge on any atom is -0.480 e. The number of rotatable bonds is 6. The zero-order chi connectivity index (χ0) is 39.8. The van der Waals surface area contributed by atoms with Crippen LogP contribution in [0.1, 0.15) is 23.6 Å². The van der Waals surface area contributed by atoms with Gasteiger partial charge in [-0.15, -0.1) is 34.0 Å². The maximum atomic E-state index is 13.3. The van der Waals surface area contributed by atoms with E-state index < -0.39 is 29.6 Å². The summed E-state index contributed by atoms with van der Waals surface area (Å²) in [5, 5.41) is 35.2. The minimum atomic E-state index is -1.53. The van der Waals surface area contributed by atoms with Gasteiger partial charge in [-0.25, -0.2) is 4.79 Å². The molecule has 10 rings (SSSR count). The Hall–Kier alpha value is -6.58. The van der Waals surface area contributed by atoms with E-state index in [9.17, 15) is 29.9 Å². The van der Waals surface area contributed by atoms with Crippen LogP contribution in [0.15, 0.2) is 108 Å². The number of hydrogen-bond acceptors (Lipinski definition) is 8. The predicted octanol–water partition coefficient (Wildman–Crippen LogP) is 9.39. The highest BCUT2D eigenvalue weighted by Gasteiger charge is 2.21. The van der Waals surface area contributed by atoms with E-state index in [1.54, 1.807) is 34.8 Å². The van der Waals surface area contributed by atoms with E-state index in [0.717, 1.165) is 51.4 Å². The second-order valence-electron chi connectivity index (χ2n) is 14.4. The zero-order valence-electron chi connectivity index (χ0n) is 30.9. The van der Waals surface area contributed by atoms with Gasteiger partial charge >= 0.3 is 11.9 Å². The van der Waals surface area contributed by atoms with Crippen LogP contribution >= 0.6 is 34.0 Å². The summed E-state index contributed by atoms with van der Waals surface area (Å²) >= 11 is 4.38. The Morgan fingerprint density at radius 1 is 0.741 bits per heavy atom. The second-order valence-corrected chi connectivity index (χ2v) is 17.6. The van der Waals surface area contributed by atoms with Crippen LogP contribution in [0.4, 0.5) is 11.4 Å². The lowest BCUT2D eigenvalue weighted by Gasteiger charge is -2.25. The molecule has 0 unspecified atom stereocenters. The molecular weight excluding hydrogens is 783 g/mol. The molecule has 1 aliphatic rings. The third kappa shape index (κ3) is 5.88. The number of carboxylic acid groups (broad SMARTS) is 2. The van der Waals surface area contributed by atoms with Crippen molar-refractivity contribution in [2.24, 2.45) is 0 Å². The largest absolute Gasteiger partial charge is 0.480 e. The molecule has 11 heteroatoms. The van der Waals surface area contributed by atoms with Crippen molar-refractivity contribution in [3.8, 4) is 17.2 Å². The van der Waals surface area contributed by atoms with Crippen LogP contribution in [0.2, 0.25) is 0 Å². The lowest BCUT2D eigenvalue weighted by molar-refractivity contribution is -0.138. The molecule has 3 aromatic heterocycles. The van der Waals surface area contributed by atoms with Crippen LogP contribution in [-0.4, -0.2) is 33.3 Å². The Morgan fingerprint density at radius 2 is 1.38 bits per heavy atom. The molecule has 6 aromatic carbocycles. The summed E-state index contributed by atoms with van der Waals surface area (Å²) in [6, 6.07) is 38.9. The summed E-state index contributed by atoms with van der Waals surface area (Å²) in [4.78, 5) is 39.0. The lowest BCUT2D eigenvalue weighted by atomic mass is 9.96. The van der Waals surface area contributed by atoms with Crippen molar-refractivity contribution in [1.82, 2.24) is 4.57 Å². The Morgan fingerprint density at radius 3 is 2.07 bits per heavy atom. The number of aromatic nitrogens is 1. The van der Waals surface area contributed by atoms with E-state index in [1.165, 1.54) is 68.6 Å². The number of fused-ring (bicyclic) bond motifs is 9. The summed E-state index contributed by atoms with van der Waals surface area (Å²) in [5.41, 5.74) is 7.13. The van der Waals surface area contributed by atoms with E-state index in [1.807, 2.05) is 18.2 Å². The average molecular weight is 814 g/mol. The Bertz CT molecular complexity index is 3490. The summed E-state index contributed by atoms with van der Waals surface area (Å²) in [5.74, 6) is -2.84. The van der Waals surface area contributed by atoms with Crippen molar-refractivity contribution < 1.29 is 19.8 Å². The van der Waals surface area contributed by atoms with Crippen LogP contribution in [0.25, 0.3) is 73.9 Å². The van der Waals surface area contributed by atoms with Gasteiger partial charge in [0, 0.05) is 38.1 Å². The predicted molar refractivity (Wildman–Crippen MR) is 237 cm³/mol. The highest BCUT2D eigenvalue weighted by atomic mass is 32.1. The second kappa shape index (κ2) is 13.8. The van der Waals surface area contributed by atoms with Crippen molar-refractivity contribution in [2.45, 2.75) is 26.3 Å². The number of thiophene rings is 2. The van der Waals surface area contributed by atoms with E-state index in [-0.39, 0.29) is 9.20 Å². The number of hydrogen-bond donors (Lipinski definition) is 2. The molecule has 282 valence electrons. The highest BCUT2D eigenvalue weighted by Crippen LogP contribution is 2.47. The Kier molecular flexibility index (Phi) is 8.53. The van der Waals surface area contributed by atoms with Gasteiger partial charge in [0.1, 0.15) is 17.3 Å². The molecule has 2 N–H and O–H groups in total. The molecule has 0 saturated carbocycles. The maximum absolute atomic E-state index is 13.3. The summed E-state index contributed by atoms with van der Waals surface area (Å²) in [6.45, 7) is 2.38. The topological polar surface area (TPSA) is 124 Å². The fourth-order valence-corrected chi connectivity index (χ4v) is 12.1. The van der Waals surface area contributed by atoms with Crippen LogP contribution < -0.4 is 19.7 Å². The first-order chi connectivity index (χ1) is 28.2. The summed E-state index contributed by atoms with van der Waals surface area (Å²) in [7, 11) is 0. The first kappa shape index (κ1) is 35.8. The van der Waals surface area contributed by atoms with Gasteiger partial charge in [0.2, 0.25) is 0 Å². The molecule has 0 amide bonds. The molecule has 58 heavy (non-hydrogen) atoms. The smallest absolute Gasteiger partial charge is 0.349 e. The normalized spacial score (nSPS) is 13.6. The molecule has 9 aromatic rings. The SMILES string of the molecule is CCN1c2ccccc2CCc2cc(-c3ccc4cc5sc6c7cc8cc(/C=c9/s/c(=C(\C#N)C(=O)O)n(CC(=O)O)c9=O)ccc8cc7sc6c5cc4c3)ccc21. The van der Waals surface area contributed by atoms with Gasteiger partial charge in [0.25, 0.3) is 5.56 Å². The van der Waals surface area contributed by atoms with Gasteiger partial charge in [-0.1, -0.05) is 48.5 Å². The van der Waals surface area contributed by atoms with E-state index in [0.29, 0.717) is 5.56 Å². The van der Waals surface area contributed by atoms with Crippen LogP contribution in [0.5, 0.6) is 0 Å². The number of benzene rings is 6. The monoisotopic (exact) mass is 813 g/mol. The van der Waals surface area contributed by atoms with Gasteiger partial charge in [-0.3, -0.25) is 14.2 Å². The molecule has 0 radical (unpaired) electrons. The van der Waals surface area contributed by atoms with Crippen molar-refractivity contribution >= 4 is 120 Å². The quantitative estimate of drug-likeness (QED) is 0.172. The summed E-state index contributed by atoms with van der Waals surface area (Å²) in [6.07, 6.45) is 3.63. The van der Waals surface area contributed by atoms with Crippen LogP contribution in [-0.2, 0) is 29.0 Å². The molecule has 0 bridgehead atoms. The number of carboxylic acids is 2. The molecule has 1 aliphatic heterocycles. The van der Waals surface area contributed by atoms with E-state index in [2.05, 4.69) is 96.8 Å². The van der Waals surface area contributed by atoms with Crippen molar-refractivity contribution in [3.63, 3.8) is 0 Å². The molecule has 0 saturated heterocycles. The van der Waals surface area contributed by atoms with E-state index >= 15 is 0 Å². The van der Waals surface area contributed by atoms with Crippen molar-refractivity contribution in [3.05, 3.63) is 139 Å². The number of nitrogens with zero attached hydrogens (tertiary/aromatic N) is 3. The lowest BCUT2D eigenvalue weighted by Crippen LogP contribution is -2.35. The third-order valence-corrected chi connectivity index (χ3v) is 14.7. The van der Waals surface area contributed by atoms with Crippen LogP contribution in [0, 0.1) is 11.3 Å². The zero-order valence-corrected chi connectivity index (χ0v) is 33.4. The van der Waals surface area contributed by atoms with Gasteiger partial charge < -0.3 is 15.1 Å². The van der Waals surface area contributed by atoms with Gasteiger partial charge in [-0.05, 0) is 130 Å². The fraction of sp³-hybridized carbons (Fsp3) is 0.106. The van der Waals surface area contributed by atoms with Crippen molar-refractivity contribution in [1.29, 1.82) is 5.26 Å². The Labute approximate surface area is 342 Å². The van der Waals surface area contributed by atoms with Gasteiger partial charge in [-0.2, -0.15) is 5.26 Å². The number of anilines is 2. The third-order valence-electron chi connectivity index (χ3n) is 11.0. The molecule has 4 heterocycles. The number of aliphatic carboxylic acids is 2. The summed E-state index contributed by atoms with van der Waals surface area (Å²) < 4.78 is 5.66. The fourth-order valence-electron chi connectivity index (χ4n) is 8.31. The number of carbonyl (C=O) groups is 2. The standard InChI is InChI=1S/C47H31N3O5S3/c1-2-49-37-6-4-3-5-26(37)9-12-31-17-28(13-14-38(31)49)27-10-11-30-22-40-35(20-33(30)18-27)44-43(57-40)34-19-32-15-25(7-8-29(32)21-39(34)56-44)16-41-45(53)50(24-42(51)52)46(58-41)36(23-48)47(54)55/h3-8,10-11,13-22H,2,9,12,24H2,1H3,(H,51,52)(H,54,55)/b41-16+,46-36+. The van der Waals surface area contributed by atoms with Gasteiger partial charge in [0.15, 0.2) is 5.57 Å². The molecular formula is C47H31N3O5S3. The molecule has 8 nitrogen and oxygen atoms in total. The Balaban J connectivity index is 1.04. The highest BCUT2D eigenvalue weighted by molar-refractivity contribution is 7.36. The van der Waals surface area contributed by atoms with E-state index in [4.69, 9.17) is 0 Å². The van der Waals surface area contributed by atoms with Crippen LogP contribution in [0.3, 0.4) is 0 Å². The number of para-hydroxylation sites is 1. The maximum Gasteiger partial charge on any atom is 0.349 e. The number of nitriles is 1. The molecule has 0 atom stereocenters. The molecule has 0 spiro atoms.